The number of benzene rings is 3. The second-order valence-corrected chi connectivity index (χ2v) is 11.7. The van der Waals surface area contributed by atoms with Crippen LogP contribution in [0.25, 0.3) is 16.9 Å². The summed E-state index contributed by atoms with van der Waals surface area (Å²) in [5, 5.41) is 3.10. The molecule has 5 aromatic rings. The van der Waals surface area contributed by atoms with Crippen LogP contribution >= 0.6 is 0 Å². The van der Waals surface area contributed by atoms with Gasteiger partial charge >= 0.3 is 0 Å². The van der Waals surface area contributed by atoms with Crippen molar-refractivity contribution in [1.29, 1.82) is 0 Å². The number of nitrogens with one attached hydrogen (secondary N) is 1. The Kier molecular flexibility index (Phi) is 8.26. The van der Waals surface area contributed by atoms with E-state index in [0.29, 0.717) is 6.54 Å². The summed E-state index contributed by atoms with van der Waals surface area (Å²) in [4.78, 5) is 27.5. The van der Waals surface area contributed by atoms with Crippen molar-refractivity contribution in [1.82, 2.24) is 19.2 Å². The monoisotopic (exact) mass is 585 g/mol. The molecule has 0 spiro atoms. The number of amides is 1. The minimum Gasteiger partial charge on any atom is -0.369 e. The molecule has 0 saturated carbocycles. The van der Waals surface area contributed by atoms with Gasteiger partial charge in [-0.1, -0.05) is 54.6 Å². The Bertz CT molecular complexity index is 1670. The molecule has 2 saturated heterocycles. The molecule has 2 aliphatic heterocycles. The molecular formula is C36H39N7O. The lowest BCUT2D eigenvalue weighted by molar-refractivity contribution is -0.117. The number of carbonyl (C=O) groups excluding carboxylic acids is 1. The summed E-state index contributed by atoms with van der Waals surface area (Å²) in [5.74, 6) is 0.0222. The van der Waals surface area contributed by atoms with Crippen LogP contribution in [0.3, 0.4) is 0 Å². The molecule has 0 aliphatic carbocycles. The van der Waals surface area contributed by atoms with Crippen molar-refractivity contribution >= 4 is 28.6 Å². The fourth-order valence-corrected chi connectivity index (χ4v) is 6.36. The number of nitrogens with zero attached hydrogens (tertiary/aromatic N) is 6. The first-order valence-corrected chi connectivity index (χ1v) is 15.6. The second kappa shape index (κ2) is 12.9. The van der Waals surface area contributed by atoms with E-state index in [9.17, 15) is 4.79 Å². The molecule has 44 heavy (non-hydrogen) atoms. The maximum absolute atomic E-state index is 12.9. The predicted octanol–water partition coefficient (Wildman–Crippen LogP) is 5.08. The van der Waals surface area contributed by atoms with Crippen LogP contribution in [0.5, 0.6) is 0 Å². The molecule has 8 nitrogen and oxygen atoms in total. The van der Waals surface area contributed by atoms with Crippen LogP contribution < -0.4 is 15.1 Å². The molecule has 0 radical (unpaired) electrons. The molecule has 2 aliphatic rings. The summed E-state index contributed by atoms with van der Waals surface area (Å²) in [5.41, 5.74) is 7.54. The summed E-state index contributed by atoms with van der Waals surface area (Å²) in [6, 6.07) is 35.5. The van der Waals surface area contributed by atoms with Gasteiger partial charge in [0.05, 0.1) is 17.9 Å². The minimum atomic E-state index is 0.0222. The third kappa shape index (κ3) is 6.32. The van der Waals surface area contributed by atoms with Gasteiger partial charge < -0.3 is 19.5 Å². The summed E-state index contributed by atoms with van der Waals surface area (Å²) in [6.07, 6.45) is 2.11. The average molecular weight is 586 g/mol. The Balaban J connectivity index is 0.982. The van der Waals surface area contributed by atoms with E-state index in [4.69, 9.17) is 4.98 Å². The van der Waals surface area contributed by atoms with Crippen LogP contribution in [0.2, 0.25) is 0 Å². The first-order valence-electron chi connectivity index (χ1n) is 15.6. The maximum atomic E-state index is 12.9. The molecule has 224 valence electrons. The van der Waals surface area contributed by atoms with Crippen LogP contribution in [-0.4, -0.2) is 84.0 Å². The average Bonchev–Trinajstić information content (AvgIpc) is 3.44. The molecule has 0 bridgehead atoms. The SMILES string of the molecule is O=C(CN1CCN(c2ccccc2)CC1)Nc1ccc(-c2nc3ccccn3c2CN2CCN(c3ccccc3)CC2)cc1. The van der Waals surface area contributed by atoms with E-state index in [-0.39, 0.29) is 5.91 Å². The van der Waals surface area contributed by atoms with Crippen LogP contribution in [0, 0.1) is 0 Å². The summed E-state index contributed by atoms with van der Waals surface area (Å²) < 4.78 is 2.21. The van der Waals surface area contributed by atoms with Crippen LogP contribution in [0.1, 0.15) is 5.69 Å². The molecule has 4 heterocycles. The molecule has 1 amide bonds. The van der Waals surface area contributed by atoms with Gasteiger partial charge in [-0.2, -0.15) is 0 Å². The largest absolute Gasteiger partial charge is 0.369 e. The topological polar surface area (TPSA) is 59.4 Å². The predicted molar refractivity (Wildman–Crippen MR) is 178 cm³/mol. The lowest BCUT2D eigenvalue weighted by atomic mass is 10.1. The van der Waals surface area contributed by atoms with Crippen molar-refractivity contribution in [3.05, 3.63) is 115 Å². The minimum absolute atomic E-state index is 0.0222. The first kappa shape index (κ1) is 28.1. The number of carbonyl (C=O) groups is 1. The summed E-state index contributed by atoms with van der Waals surface area (Å²) in [7, 11) is 0. The highest BCUT2D eigenvalue weighted by atomic mass is 16.2. The van der Waals surface area contributed by atoms with E-state index in [1.807, 2.05) is 24.3 Å². The first-order chi connectivity index (χ1) is 21.7. The molecule has 2 aromatic heterocycles. The summed E-state index contributed by atoms with van der Waals surface area (Å²) >= 11 is 0. The smallest absolute Gasteiger partial charge is 0.238 e. The van der Waals surface area contributed by atoms with Gasteiger partial charge in [0.25, 0.3) is 0 Å². The normalized spacial score (nSPS) is 16.4. The van der Waals surface area contributed by atoms with E-state index in [1.165, 1.54) is 17.1 Å². The number of fused-ring (bicyclic) bond motifs is 1. The van der Waals surface area contributed by atoms with Crippen molar-refractivity contribution in [2.75, 3.05) is 74.0 Å². The van der Waals surface area contributed by atoms with Crippen LogP contribution in [0.4, 0.5) is 17.1 Å². The Morgan fingerprint density at radius 1 is 0.636 bits per heavy atom. The molecule has 7 rings (SSSR count). The van der Waals surface area contributed by atoms with E-state index in [1.54, 1.807) is 0 Å². The quantitative estimate of drug-likeness (QED) is 0.274. The van der Waals surface area contributed by atoms with Gasteiger partial charge in [-0.15, -0.1) is 0 Å². The Morgan fingerprint density at radius 3 is 1.82 bits per heavy atom. The molecule has 8 heteroatoms. The van der Waals surface area contributed by atoms with Crippen molar-refractivity contribution in [2.24, 2.45) is 0 Å². The number of anilines is 3. The number of hydrogen-bond donors (Lipinski definition) is 1. The highest BCUT2D eigenvalue weighted by Gasteiger charge is 2.22. The number of aromatic nitrogens is 2. The van der Waals surface area contributed by atoms with Gasteiger partial charge in [-0.25, -0.2) is 4.98 Å². The van der Waals surface area contributed by atoms with E-state index >= 15 is 0 Å². The van der Waals surface area contributed by atoms with Gasteiger partial charge in [0.2, 0.25) is 5.91 Å². The third-order valence-electron chi connectivity index (χ3n) is 8.80. The zero-order chi connectivity index (χ0) is 29.7. The van der Waals surface area contributed by atoms with Crippen molar-refractivity contribution in [3.63, 3.8) is 0 Å². The fraction of sp³-hybridized carbons (Fsp3) is 0.278. The molecule has 0 unspecified atom stereocenters. The van der Waals surface area contributed by atoms with Crippen molar-refractivity contribution in [2.45, 2.75) is 6.54 Å². The van der Waals surface area contributed by atoms with E-state index < -0.39 is 0 Å². The maximum Gasteiger partial charge on any atom is 0.238 e. The second-order valence-electron chi connectivity index (χ2n) is 11.7. The Morgan fingerprint density at radius 2 is 1.20 bits per heavy atom. The van der Waals surface area contributed by atoms with Crippen molar-refractivity contribution in [3.8, 4) is 11.3 Å². The lowest BCUT2D eigenvalue weighted by Gasteiger charge is -2.36. The van der Waals surface area contributed by atoms with Gasteiger partial charge in [0, 0.05) is 87.7 Å². The Hall–Kier alpha value is -4.66. The third-order valence-corrected chi connectivity index (χ3v) is 8.80. The van der Waals surface area contributed by atoms with Gasteiger partial charge in [-0.05, 0) is 48.5 Å². The fourth-order valence-electron chi connectivity index (χ4n) is 6.36. The van der Waals surface area contributed by atoms with Crippen LogP contribution in [0.15, 0.2) is 109 Å². The molecule has 2 fully saturated rings. The molecule has 3 aromatic carbocycles. The van der Waals surface area contributed by atoms with E-state index in [2.05, 4.69) is 114 Å². The molecule has 0 atom stereocenters. The number of pyridine rings is 1. The van der Waals surface area contributed by atoms with Gasteiger partial charge in [0.1, 0.15) is 5.65 Å². The van der Waals surface area contributed by atoms with Gasteiger partial charge in [-0.3, -0.25) is 14.6 Å². The van der Waals surface area contributed by atoms with E-state index in [0.717, 1.165) is 81.5 Å². The molecular weight excluding hydrogens is 546 g/mol. The van der Waals surface area contributed by atoms with Crippen molar-refractivity contribution < 1.29 is 4.79 Å². The Labute approximate surface area is 259 Å². The van der Waals surface area contributed by atoms with Gasteiger partial charge in [0.15, 0.2) is 0 Å². The zero-order valence-corrected chi connectivity index (χ0v) is 25.1. The lowest BCUT2D eigenvalue weighted by Crippen LogP contribution is -2.48. The number of para-hydroxylation sites is 2. The highest BCUT2D eigenvalue weighted by molar-refractivity contribution is 5.92. The molecule has 1 N–H and O–H groups in total. The number of hydrogen-bond acceptors (Lipinski definition) is 6. The highest BCUT2D eigenvalue weighted by Crippen LogP contribution is 2.28. The number of rotatable bonds is 8. The number of piperazine rings is 2. The summed E-state index contributed by atoms with van der Waals surface area (Å²) in [6.45, 7) is 8.85. The zero-order valence-electron chi connectivity index (χ0n) is 25.1. The standard InChI is InChI=1S/C36H39N7O/c44-35(28-40-21-25-42(26-22-40)32-11-5-2-6-12-32)37-30-16-14-29(15-17-30)36-33(43-18-8-7-13-34(43)38-36)27-39-19-23-41(24-20-39)31-9-3-1-4-10-31/h1-18H,19-28H2,(H,37,44). The number of imidazole rings is 1. The van der Waals surface area contributed by atoms with Crippen LogP contribution in [-0.2, 0) is 11.3 Å².